The summed E-state index contributed by atoms with van der Waals surface area (Å²) in [5, 5.41) is 2.98. The quantitative estimate of drug-likeness (QED) is 0.322. The molecule has 0 aliphatic carbocycles. The minimum absolute atomic E-state index is 0.865. The topological polar surface area (TPSA) is 36.2 Å². The second kappa shape index (κ2) is 3.47. The predicted octanol–water partition coefficient (Wildman–Crippen LogP) is 0.665. The van der Waals surface area contributed by atoms with Crippen LogP contribution in [0, 0.1) is 0 Å². The molecule has 0 rings (SSSR count). The fraction of sp³-hybridized carbons (Fsp3) is 0.667. The van der Waals surface area contributed by atoms with E-state index in [0.717, 1.165) is 6.42 Å². The van der Waals surface area contributed by atoms with Crippen molar-refractivity contribution in [1.82, 2.24) is 5.84 Å². The number of rotatable bonds is 1. The van der Waals surface area contributed by atoms with Crippen molar-refractivity contribution in [2.45, 2.75) is 13.3 Å². The van der Waals surface area contributed by atoms with E-state index in [2.05, 4.69) is 5.10 Å². The normalized spacial score (nSPS) is 9.80. The molecule has 0 aromatic heterocycles. The van der Waals surface area contributed by atoms with E-state index in [9.17, 15) is 0 Å². The first kappa shape index (κ1) is 4.47. The summed E-state index contributed by atoms with van der Waals surface area (Å²) in [6.45, 7) is 1.94. The summed E-state index contributed by atoms with van der Waals surface area (Å²) in [7, 11) is 0. The van der Waals surface area contributed by atoms with Crippen LogP contribution in [0.2, 0.25) is 0 Å². The smallest absolute Gasteiger partial charge is 0.0260 e. The van der Waals surface area contributed by atoms with Gasteiger partial charge in [-0.25, -0.2) is 5.84 Å². The molecule has 0 heterocycles. The van der Waals surface area contributed by atoms with E-state index in [0.29, 0.717) is 0 Å². The molecular formula is C3H7N2. The summed E-state index contributed by atoms with van der Waals surface area (Å²) in [6, 6.07) is 0. The molecule has 0 aliphatic rings. The zero-order valence-electron chi connectivity index (χ0n) is 3.23. The summed E-state index contributed by atoms with van der Waals surface area (Å²) in [6.07, 6.45) is 2.41. The van der Waals surface area contributed by atoms with Crippen molar-refractivity contribution in [3.63, 3.8) is 0 Å². The molecule has 0 unspecified atom stereocenters. The lowest BCUT2D eigenvalue weighted by atomic mass is 10.6. The van der Waals surface area contributed by atoms with Gasteiger partial charge in [0.25, 0.3) is 0 Å². The number of nitrogens with one attached hydrogen (secondary N) is 1. The average molecular weight is 71.1 g/mol. The Bertz CT molecular complexity index is 31.9. The molecule has 0 saturated carbocycles. The fourth-order valence-electron chi connectivity index (χ4n) is 0.0913. The standard InChI is InChI=1S/C3H7N2/c1-2-3-5-4/h3-4H,2H2,1H3. The van der Waals surface area contributed by atoms with Crippen molar-refractivity contribution < 1.29 is 0 Å². The summed E-state index contributed by atoms with van der Waals surface area (Å²) >= 11 is 0. The Balaban J connectivity index is 2.62. The highest BCUT2D eigenvalue weighted by molar-refractivity contribution is 5.55. The van der Waals surface area contributed by atoms with Crippen molar-refractivity contribution in [3.8, 4) is 0 Å². The van der Waals surface area contributed by atoms with Crippen LogP contribution in [0.4, 0.5) is 0 Å². The van der Waals surface area contributed by atoms with Crippen molar-refractivity contribution in [1.29, 1.82) is 0 Å². The lowest BCUT2D eigenvalue weighted by Gasteiger charge is -1.64. The van der Waals surface area contributed by atoms with Crippen molar-refractivity contribution in [2.24, 2.45) is 5.10 Å². The fourth-order valence-corrected chi connectivity index (χ4v) is 0.0913. The van der Waals surface area contributed by atoms with E-state index < -0.39 is 0 Å². The lowest BCUT2D eigenvalue weighted by Crippen LogP contribution is -1.63. The van der Waals surface area contributed by atoms with Gasteiger partial charge in [0, 0.05) is 6.21 Å². The van der Waals surface area contributed by atoms with E-state index in [1.807, 2.05) is 6.92 Å². The summed E-state index contributed by atoms with van der Waals surface area (Å²) in [4.78, 5) is 0. The van der Waals surface area contributed by atoms with Gasteiger partial charge in [-0.05, 0) is 6.42 Å². The van der Waals surface area contributed by atoms with Gasteiger partial charge in [0.05, 0.1) is 0 Å². The van der Waals surface area contributed by atoms with Crippen LogP contribution >= 0.6 is 0 Å². The van der Waals surface area contributed by atoms with Crippen LogP contribution < -0.4 is 5.84 Å². The Morgan fingerprint density at radius 3 is 2.60 bits per heavy atom. The Morgan fingerprint density at radius 2 is 2.60 bits per heavy atom. The third-order valence-corrected chi connectivity index (χ3v) is 0.274. The molecule has 1 radical (unpaired) electrons. The van der Waals surface area contributed by atoms with Gasteiger partial charge in [0.2, 0.25) is 0 Å². The zero-order chi connectivity index (χ0) is 4.12. The third kappa shape index (κ3) is 3.47. The minimum atomic E-state index is 0.865. The summed E-state index contributed by atoms with van der Waals surface area (Å²) in [5.74, 6) is 6.17. The van der Waals surface area contributed by atoms with Gasteiger partial charge in [-0.2, -0.15) is 5.10 Å². The molecule has 5 heavy (non-hydrogen) atoms. The molecule has 0 aromatic carbocycles. The second-order valence-electron chi connectivity index (χ2n) is 0.720. The van der Waals surface area contributed by atoms with Crippen molar-refractivity contribution in [3.05, 3.63) is 0 Å². The van der Waals surface area contributed by atoms with Gasteiger partial charge in [0.1, 0.15) is 0 Å². The Labute approximate surface area is 31.7 Å². The van der Waals surface area contributed by atoms with Crippen molar-refractivity contribution in [2.75, 3.05) is 0 Å². The number of hydrogen-bond acceptors (Lipinski definition) is 1. The van der Waals surface area contributed by atoms with E-state index in [-0.39, 0.29) is 0 Å². The third-order valence-electron chi connectivity index (χ3n) is 0.274. The maximum Gasteiger partial charge on any atom is 0.0260 e. The molecule has 29 valence electrons. The highest BCUT2D eigenvalue weighted by Crippen LogP contribution is 1.59. The van der Waals surface area contributed by atoms with Crippen LogP contribution in [0.25, 0.3) is 0 Å². The molecule has 2 heteroatoms. The Hall–Kier alpha value is -0.530. The molecule has 0 amide bonds. The molecule has 1 N–H and O–H groups in total. The maximum atomic E-state index is 6.17. The molecule has 0 spiro atoms. The van der Waals surface area contributed by atoms with Crippen molar-refractivity contribution >= 4 is 6.21 Å². The van der Waals surface area contributed by atoms with Gasteiger partial charge in [-0.1, -0.05) is 6.92 Å². The highest BCUT2D eigenvalue weighted by Gasteiger charge is 1.54. The van der Waals surface area contributed by atoms with Crippen LogP contribution in [-0.4, -0.2) is 6.21 Å². The highest BCUT2D eigenvalue weighted by atomic mass is 15.1. The Kier molecular flexibility index (Phi) is 3.10. The van der Waals surface area contributed by atoms with Crippen LogP contribution in [-0.2, 0) is 0 Å². The summed E-state index contributed by atoms with van der Waals surface area (Å²) in [5.41, 5.74) is 0. The molecule has 0 bridgehead atoms. The van der Waals surface area contributed by atoms with Crippen LogP contribution in [0.5, 0.6) is 0 Å². The Morgan fingerprint density at radius 1 is 2.00 bits per heavy atom. The van der Waals surface area contributed by atoms with Crippen LogP contribution in [0.3, 0.4) is 0 Å². The monoisotopic (exact) mass is 71.1 g/mol. The predicted molar refractivity (Wildman–Crippen MR) is 21.9 cm³/mol. The zero-order valence-corrected chi connectivity index (χ0v) is 3.23. The first-order valence-electron chi connectivity index (χ1n) is 1.60. The minimum Gasteiger partial charge on any atom is -0.205 e. The lowest BCUT2D eigenvalue weighted by molar-refractivity contribution is 1.16. The number of nitrogens with zero attached hydrogens (tertiary/aromatic N) is 1. The van der Waals surface area contributed by atoms with E-state index >= 15 is 0 Å². The largest absolute Gasteiger partial charge is 0.205 e. The van der Waals surface area contributed by atoms with Gasteiger partial charge < -0.3 is 0 Å². The molecule has 2 nitrogen and oxygen atoms in total. The summed E-state index contributed by atoms with van der Waals surface area (Å²) < 4.78 is 0. The van der Waals surface area contributed by atoms with Gasteiger partial charge in [-0.15, -0.1) is 0 Å². The molecule has 0 fully saturated rings. The average Bonchev–Trinajstić information content (AvgIpc) is 1.41. The molecule has 0 saturated heterocycles. The van der Waals surface area contributed by atoms with Gasteiger partial charge in [-0.3, -0.25) is 0 Å². The first-order chi connectivity index (χ1) is 2.41. The second-order valence-corrected chi connectivity index (χ2v) is 0.720. The molecule has 0 atom stereocenters. The molecule has 0 aliphatic heterocycles. The SMILES string of the molecule is CCC=N[NH]. The van der Waals surface area contributed by atoms with Crippen LogP contribution in [0.15, 0.2) is 5.10 Å². The van der Waals surface area contributed by atoms with Crippen LogP contribution in [0.1, 0.15) is 13.3 Å². The van der Waals surface area contributed by atoms with E-state index in [1.165, 1.54) is 0 Å². The molecular weight excluding hydrogens is 64.0 g/mol. The van der Waals surface area contributed by atoms with Gasteiger partial charge >= 0.3 is 0 Å². The molecule has 0 aromatic rings. The first-order valence-corrected chi connectivity index (χ1v) is 1.60. The maximum absolute atomic E-state index is 6.17. The van der Waals surface area contributed by atoms with Gasteiger partial charge in [0.15, 0.2) is 0 Å². The number of hydrogen-bond donors (Lipinski definition) is 0. The van der Waals surface area contributed by atoms with E-state index in [1.54, 1.807) is 6.21 Å². The van der Waals surface area contributed by atoms with E-state index in [4.69, 9.17) is 5.84 Å².